The molecule has 0 nitrogen and oxygen atoms in total. The Labute approximate surface area is 318 Å². The molecule has 0 aromatic heterocycles. The Morgan fingerprint density at radius 2 is 0.717 bits per heavy atom. The molecule has 0 radical (unpaired) electrons. The van der Waals surface area contributed by atoms with E-state index in [4.69, 9.17) is 0 Å². The minimum atomic E-state index is 0. The molecule has 0 bridgehead atoms. The minimum absolute atomic E-state index is 0. The summed E-state index contributed by atoms with van der Waals surface area (Å²) < 4.78 is 0. The molecule has 6 aromatic carbocycles. The second kappa shape index (κ2) is 20.7. The molecular weight excluding hydrogens is 671 g/mol. The summed E-state index contributed by atoms with van der Waals surface area (Å²) in [4.78, 5) is 0. The van der Waals surface area contributed by atoms with Crippen molar-refractivity contribution in [3.05, 3.63) is 157 Å². The van der Waals surface area contributed by atoms with E-state index in [0.29, 0.717) is 11.8 Å². The van der Waals surface area contributed by atoms with Crippen molar-refractivity contribution in [2.24, 2.45) is 11.8 Å². The molecule has 232 valence electrons. The molecular formula is C42H40Cl2Ti2-2. The molecule has 0 unspecified atom stereocenters. The van der Waals surface area contributed by atoms with Crippen LogP contribution in [-0.2, 0) is 43.4 Å². The monoisotopic (exact) mass is 710 g/mol. The maximum atomic E-state index is 3.14. The van der Waals surface area contributed by atoms with Crippen LogP contribution < -0.4 is 24.8 Å². The van der Waals surface area contributed by atoms with Gasteiger partial charge in [-0.05, 0) is 0 Å². The molecule has 2 aliphatic carbocycles. The zero-order valence-corrected chi connectivity index (χ0v) is 31.7. The van der Waals surface area contributed by atoms with Gasteiger partial charge in [-0.25, -0.2) is 12.2 Å². The number of fused-ring (bicyclic) bond motifs is 6. The molecule has 0 atom stereocenters. The van der Waals surface area contributed by atoms with Gasteiger partial charge in [0.05, 0.1) is 0 Å². The van der Waals surface area contributed by atoms with E-state index in [1.54, 1.807) is 0 Å². The summed E-state index contributed by atoms with van der Waals surface area (Å²) in [6, 6.07) is 38.5. The maximum Gasteiger partial charge on any atom is 2.00 e. The zero-order chi connectivity index (χ0) is 29.3. The summed E-state index contributed by atoms with van der Waals surface area (Å²) in [6.45, 7) is 8.81. The summed E-state index contributed by atoms with van der Waals surface area (Å²) in [5.41, 5.74) is 2.87. The van der Waals surface area contributed by atoms with E-state index in [0.717, 1.165) is 12.8 Å². The second-order valence-electron chi connectivity index (χ2n) is 11.5. The zero-order valence-electron chi connectivity index (χ0n) is 27.0. The average Bonchev–Trinajstić information content (AvgIpc) is 3.84. The molecule has 0 saturated carbocycles. The SMILES string of the molecule is CC(C)C1=CC[C-]=C1.CC(C)C1=CC[C-]=C1.[Cl-].[Cl-].[Ti+2].[Ti+2].c1ccc2c(c1)[cH-]c1ccccc12.c1ccc2c(c1)[cH-]c1ccccc12. The van der Waals surface area contributed by atoms with Gasteiger partial charge in [0, 0.05) is 0 Å². The predicted octanol–water partition coefficient (Wildman–Crippen LogP) is 6.09. The van der Waals surface area contributed by atoms with Crippen molar-refractivity contribution in [2.45, 2.75) is 40.5 Å². The summed E-state index contributed by atoms with van der Waals surface area (Å²) in [5, 5.41) is 10.8. The summed E-state index contributed by atoms with van der Waals surface area (Å²) in [7, 11) is 0. The van der Waals surface area contributed by atoms with E-state index >= 15 is 0 Å². The van der Waals surface area contributed by atoms with Crippen molar-refractivity contribution in [3.63, 3.8) is 0 Å². The fraction of sp³-hybridized carbons (Fsp3) is 0.190. The molecule has 0 amide bonds. The normalized spacial score (nSPS) is 12.4. The van der Waals surface area contributed by atoms with Gasteiger partial charge < -0.3 is 24.8 Å². The van der Waals surface area contributed by atoms with E-state index in [1.807, 2.05) is 0 Å². The van der Waals surface area contributed by atoms with Crippen LogP contribution in [0.25, 0.3) is 43.1 Å². The van der Waals surface area contributed by atoms with Crippen LogP contribution in [0.1, 0.15) is 40.5 Å². The Balaban J connectivity index is 0.000000306. The van der Waals surface area contributed by atoms with Crippen LogP contribution in [0.4, 0.5) is 0 Å². The van der Waals surface area contributed by atoms with E-state index < -0.39 is 0 Å². The molecule has 0 saturated heterocycles. The van der Waals surface area contributed by atoms with E-state index in [9.17, 15) is 0 Å². The third-order valence-corrected chi connectivity index (χ3v) is 7.83. The van der Waals surface area contributed by atoms with Crippen molar-refractivity contribution >= 4 is 43.1 Å². The Morgan fingerprint density at radius 3 is 0.913 bits per heavy atom. The number of rotatable bonds is 2. The largest absolute Gasteiger partial charge is 2.00 e. The number of halogens is 2. The van der Waals surface area contributed by atoms with Crippen LogP contribution in [0.2, 0.25) is 0 Å². The Morgan fingerprint density at radius 1 is 0.457 bits per heavy atom. The van der Waals surface area contributed by atoms with Gasteiger partial charge in [0.2, 0.25) is 0 Å². The van der Waals surface area contributed by atoms with E-state index in [2.05, 4.69) is 173 Å². The van der Waals surface area contributed by atoms with Gasteiger partial charge in [0.15, 0.2) is 0 Å². The van der Waals surface area contributed by atoms with E-state index in [-0.39, 0.29) is 68.2 Å². The first kappa shape index (κ1) is 41.6. The first-order valence-electron chi connectivity index (χ1n) is 15.1. The van der Waals surface area contributed by atoms with Crippen molar-refractivity contribution in [3.8, 4) is 0 Å². The van der Waals surface area contributed by atoms with Gasteiger partial charge >= 0.3 is 43.4 Å². The third kappa shape index (κ3) is 10.8. The fourth-order valence-corrected chi connectivity index (χ4v) is 5.44. The van der Waals surface area contributed by atoms with Crippen molar-refractivity contribution in [2.75, 3.05) is 0 Å². The molecule has 0 aliphatic heterocycles. The van der Waals surface area contributed by atoms with Gasteiger partial charge in [0.1, 0.15) is 0 Å². The first-order chi connectivity index (χ1) is 20.5. The molecule has 4 heteroatoms. The van der Waals surface area contributed by atoms with Crippen LogP contribution in [0.15, 0.2) is 145 Å². The van der Waals surface area contributed by atoms with Gasteiger partial charge in [-0.15, -0.1) is 92.3 Å². The van der Waals surface area contributed by atoms with Crippen LogP contribution >= 0.6 is 0 Å². The summed E-state index contributed by atoms with van der Waals surface area (Å²) >= 11 is 0. The van der Waals surface area contributed by atoms with Crippen LogP contribution in [-0.4, -0.2) is 0 Å². The van der Waals surface area contributed by atoms with Crippen LogP contribution in [0.3, 0.4) is 0 Å². The molecule has 0 heterocycles. The molecule has 46 heavy (non-hydrogen) atoms. The van der Waals surface area contributed by atoms with Crippen molar-refractivity contribution < 1.29 is 68.2 Å². The van der Waals surface area contributed by atoms with Gasteiger partial charge in [-0.2, -0.15) is 23.3 Å². The summed E-state index contributed by atoms with van der Waals surface area (Å²) in [6.07, 6.45) is 16.9. The van der Waals surface area contributed by atoms with Gasteiger partial charge in [-0.1, -0.05) is 112 Å². The summed E-state index contributed by atoms with van der Waals surface area (Å²) in [5.74, 6) is 1.37. The van der Waals surface area contributed by atoms with Crippen molar-refractivity contribution in [1.29, 1.82) is 0 Å². The Bertz CT molecular complexity index is 1660. The second-order valence-corrected chi connectivity index (χ2v) is 11.5. The number of benzene rings is 4. The number of hydrogen-bond acceptors (Lipinski definition) is 0. The molecule has 0 fully saturated rings. The van der Waals surface area contributed by atoms with E-state index in [1.165, 1.54) is 54.2 Å². The molecule has 8 rings (SSSR count). The maximum absolute atomic E-state index is 3.14. The molecule has 0 N–H and O–H groups in total. The number of hydrogen-bond donors (Lipinski definition) is 0. The van der Waals surface area contributed by atoms with Crippen molar-refractivity contribution in [1.82, 2.24) is 0 Å². The molecule has 0 spiro atoms. The van der Waals surface area contributed by atoms with Gasteiger partial charge in [-0.3, -0.25) is 12.2 Å². The molecule has 2 aliphatic rings. The third-order valence-electron chi connectivity index (χ3n) is 7.83. The quantitative estimate of drug-likeness (QED) is 0.151. The minimum Gasteiger partial charge on any atom is -1.00 e. The average molecular weight is 711 g/mol. The topological polar surface area (TPSA) is 0 Å². The fourth-order valence-electron chi connectivity index (χ4n) is 5.44. The predicted molar refractivity (Wildman–Crippen MR) is 185 cm³/mol. The van der Waals surface area contributed by atoms with Gasteiger partial charge in [0.25, 0.3) is 0 Å². The number of allylic oxidation sites excluding steroid dienone is 8. The standard InChI is InChI=1S/2C13H9.2C8H11.2ClH.2Ti/c2*1-3-7-12-10(5-1)9-11-6-2-4-8-13(11)12;2*1-7(2)8-5-3-4-6-8;;;;/h2*1-9H;2*5-7H,3H2,1-2H3;2*1H;;/q4*-1;;;2*+2/p-2. The Hall–Kier alpha value is -2.41. The first-order valence-corrected chi connectivity index (χ1v) is 15.1. The smallest absolute Gasteiger partial charge is 1.00 e. The van der Waals surface area contributed by atoms with Crippen LogP contribution in [0.5, 0.6) is 0 Å². The Kier molecular flexibility index (Phi) is 18.8. The molecule has 6 aromatic rings. The van der Waals surface area contributed by atoms with Crippen LogP contribution in [0, 0.1) is 24.0 Å².